The molecule has 40 valence electrons. The van der Waals surface area contributed by atoms with Gasteiger partial charge in [0.25, 0.3) is 6.69 Å². The molecule has 0 aliphatic heterocycles. The number of rotatable bonds is 1. The summed E-state index contributed by atoms with van der Waals surface area (Å²) in [5, 5.41) is 0. The van der Waals surface area contributed by atoms with Gasteiger partial charge in [0.15, 0.2) is 0 Å². The van der Waals surface area contributed by atoms with Gasteiger partial charge in [-0.25, -0.2) is 0 Å². The Bertz CT molecular complexity index is 86.8. The summed E-state index contributed by atoms with van der Waals surface area (Å²) in [5.74, 6) is 2.41. The molecule has 0 aliphatic rings. The van der Waals surface area contributed by atoms with Gasteiger partial charge in [0.2, 0.25) is 0 Å². The van der Waals surface area contributed by atoms with E-state index in [2.05, 4.69) is 5.92 Å². The third kappa shape index (κ3) is 6.36. The predicted octanol–water partition coefficient (Wildman–Crippen LogP) is 2.17. The molecule has 0 atom stereocenters. The lowest BCUT2D eigenvalue weighted by Gasteiger charge is -2.01. The minimum atomic E-state index is -1.95. The first-order valence-electron chi connectivity index (χ1n) is 1.87. The van der Waals surface area contributed by atoms with Gasteiger partial charge >= 0.3 is 0 Å². The first kappa shape index (κ1) is 7.36. The van der Waals surface area contributed by atoms with Gasteiger partial charge in [-0.15, -0.1) is 34.5 Å². The molecular weight excluding hydrogens is 147 g/mol. The third-order valence-electron chi connectivity index (χ3n) is 0.412. The van der Waals surface area contributed by atoms with Gasteiger partial charge < -0.3 is 0 Å². The second kappa shape index (κ2) is 2.61. The number of hydrogen-bond donors (Lipinski definition) is 0. The van der Waals surface area contributed by atoms with Crippen molar-refractivity contribution >= 4 is 28.9 Å². The van der Waals surface area contributed by atoms with Crippen LogP contribution in [0.4, 0.5) is 0 Å². The molecule has 0 fully saturated rings. The molecule has 0 spiro atoms. The molecule has 0 aromatic carbocycles. The Labute approximate surface area is 54.2 Å². The topological polar surface area (TPSA) is 0 Å². The highest BCUT2D eigenvalue weighted by atomic mass is 35.7. The van der Waals surface area contributed by atoms with E-state index in [-0.39, 0.29) is 0 Å². The van der Waals surface area contributed by atoms with Crippen LogP contribution in [0.2, 0.25) is 12.6 Å². The Balaban J connectivity index is 3.40. The zero-order valence-corrected chi connectivity index (χ0v) is 6.55. The molecule has 0 unspecified atom stereocenters. The summed E-state index contributed by atoms with van der Waals surface area (Å²) in [6.45, 7) is -0.147. The molecule has 0 nitrogen and oxygen atoms in total. The lowest BCUT2D eigenvalue weighted by Crippen LogP contribution is -2.09. The molecule has 7 heavy (non-hydrogen) atoms. The van der Waals surface area contributed by atoms with Gasteiger partial charge in [0.05, 0.1) is 0 Å². The zero-order chi connectivity index (χ0) is 5.91. The fraction of sp³-hybridized carbons (Fsp3) is 0.500. The van der Waals surface area contributed by atoms with Crippen molar-refractivity contribution in [2.24, 2.45) is 0 Å². The van der Waals surface area contributed by atoms with E-state index in [0.717, 1.165) is 0 Å². The standard InChI is InChI=1S/C4H6Cl2Si/c1-3-4-7(2,5)6/h1H,4H2,2H3. The van der Waals surface area contributed by atoms with Gasteiger partial charge in [-0.05, 0) is 6.55 Å². The lowest BCUT2D eigenvalue weighted by atomic mass is 10.8. The zero-order valence-electron chi connectivity index (χ0n) is 4.04. The van der Waals surface area contributed by atoms with Crippen molar-refractivity contribution in [3.63, 3.8) is 0 Å². The molecule has 0 amide bonds. The molecule has 0 rings (SSSR count). The quantitative estimate of drug-likeness (QED) is 0.307. The van der Waals surface area contributed by atoms with Crippen LogP contribution in [-0.2, 0) is 0 Å². The first-order valence-corrected chi connectivity index (χ1v) is 6.60. The summed E-state index contributed by atoms with van der Waals surface area (Å²) in [7, 11) is 0. The Kier molecular flexibility index (Phi) is 2.75. The fourth-order valence-corrected chi connectivity index (χ4v) is 1.00. The average Bonchev–Trinajstić information content (AvgIpc) is 1.30. The van der Waals surface area contributed by atoms with Crippen LogP contribution < -0.4 is 0 Å². The highest BCUT2D eigenvalue weighted by Gasteiger charge is 2.17. The monoisotopic (exact) mass is 152 g/mol. The first-order chi connectivity index (χ1) is 3.06. The summed E-state index contributed by atoms with van der Waals surface area (Å²) in [4.78, 5) is 0. The maximum atomic E-state index is 5.60. The van der Waals surface area contributed by atoms with Gasteiger partial charge in [-0.3, -0.25) is 0 Å². The van der Waals surface area contributed by atoms with Crippen LogP contribution in [0, 0.1) is 12.3 Å². The highest BCUT2D eigenvalue weighted by molar-refractivity contribution is 7.45. The van der Waals surface area contributed by atoms with Gasteiger partial charge in [0.1, 0.15) is 0 Å². The van der Waals surface area contributed by atoms with Crippen molar-refractivity contribution < 1.29 is 0 Å². The van der Waals surface area contributed by atoms with Crippen LogP contribution in [-0.4, -0.2) is 6.69 Å². The van der Waals surface area contributed by atoms with Crippen LogP contribution in [0.3, 0.4) is 0 Å². The molecule has 0 bridgehead atoms. The van der Waals surface area contributed by atoms with Crippen molar-refractivity contribution in [1.82, 2.24) is 0 Å². The molecule has 0 saturated heterocycles. The van der Waals surface area contributed by atoms with Crippen LogP contribution >= 0.6 is 22.2 Å². The Morgan fingerprint density at radius 2 is 2.14 bits per heavy atom. The smallest absolute Gasteiger partial charge is 0.145 e. The SMILES string of the molecule is C#CC[Si](C)(Cl)Cl. The molecule has 0 heterocycles. The van der Waals surface area contributed by atoms with Crippen LogP contribution in [0.25, 0.3) is 0 Å². The normalized spacial score (nSPS) is 10.6. The Morgan fingerprint density at radius 1 is 1.71 bits per heavy atom. The van der Waals surface area contributed by atoms with E-state index in [9.17, 15) is 0 Å². The van der Waals surface area contributed by atoms with Crippen molar-refractivity contribution in [3.05, 3.63) is 0 Å². The molecule has 0 aromatic heterocycles. The number of terminal acetylenes is 1. The molecular formula is C4H6Cl2Si. The fourth-order valence-electron chi connectivity index (χ4n) is 0.179. The molecule has 0 aliphatic carbocycles. The molecule has 0 N–H and O–H groups in total. The van der Waals surface area contributed by atoms with E-state index in [1.807, 2.05) is 0 Å². The average molecular weight is 153 g/mol. The maximum Gasteiger partial charge on any atom is 0.259 e. The predicted molar refractivity (Wildman–Crippen MR) is 37.0 cm³/mol. The van der Waals surface area contributed by atoms with Crippen molar-refractivity contribution in [2.75, 3.05) is 0 Å². The maximum absolute atomic E-state index is 5.60. The van der Waals surface area contributed by atoms with E-state index >= 15 is 0 Å². The van der Waals surface area contributed by atoms with Crippen LogP contribution in [0.5, 0.6) is 0 Å². The van der Waals surface area contributed by atoms with Crippen LogP contribution in [0.15, 0.2) is 0 Å². The number of halogens is 2. The summed E-state index contributed by atoms with van der Waals surface area (Å²) < 4.78 is 0. The minimum Gasteiger partial charge on any atom is -0.145 e. The van der Waals surface area contributed by atoms with E-state index < -0.39 is 6.69 Å². The summed E-state index contributed by atoms with van der Waals surface area (Å²) in [6.07, 6.45) is 4.93. The van der Waals surface area contributed by atoms with E-state index in [1.165, 1.54) is 0 Å². The molecule has 0 saturated carbocycles. The lowest BCUT2D eigenvalue weighted by molar-refractivity contribution is 1.77. The second-order valence-electron chi connectivity index (χ2n) is 1.45. The molecule has 0 radical (unpaired) electrons. The van der Waals surface area contributed by atoms with Crippen molar-refractivity contribution in [2.45, 2.75) is 12.6 Å². The minimum absolute atomic E-state index is 0.538. The van der Waals surface area contributed by atoms with Crippen molar-refractivity contribution in [3.8, 4) is 12.3 Å². The Morgan fingerprint density at radius 3 is 2.14 bits per heavy atom. The van der Waals surface area contributed by atoms with Gasteiger partial charge in [-0.2, -0.15) is 0 Å². The van der Waals surface area contributed by atoms with E-state index in [1.54, 1.807) is 6.55 Å². The van der Waals surface area contributed by atoms with Crippen LogP contribution in [0.1, 0.15) is 0 Å². The van der Waals surface area contributed by atoms with Crippen molar-refractivity contribution in [1.29, 1.82) is 0 Å². The molecule has 0 aromatic rings. The third-order valence-corrected chi connectivity index (χ3v) is 2.04. The second-order valence-corrected chi connectivity index (χ2v) is 9.53. The summed E-state index contributed by atoms with van der Waals surface area (Å²) >= 11 is 11.2. The highest BCUT2D eigenvalue weighted by Crippen LogP contribution is 2.17. The molecule has 3 heteroatoms. The Hall–Kier alpha value is 0.357. The van der Waals surface area contributed by atoms with E-state index in [4.69, 9.17) is 28.6 Å². The summed E-state index contributed by atoms with van der Waals surface area (Å²) in [6, 6.07) is 0.538. The van der Waals surface area contributed by atoms with Gasteiger partial charge in [-0.1, -0.05) is 0 Å². The number of hydrogen-bond acceptors (Lipinski definition) is 0. The summed E-state index contributed by atoms with van der Waals surface area (Å²) in [5.41, 5.74) is 0. The van der Waals surface area contributed by atoms with Gasteiger partial charge in [0, 0.05) is 6.04 Å². The largest absolute Gasteiger partial charge is 0.259 e. The van der Waals surface area contributed by atoms with E-state index in [0.29, 0.717) is 6.04 Å².